The Morgan fingerprint density at radius 3 is 2.78 bits per heavy atom. The van der Waals surface area contributed by atoms with E-state index in [2.05, 4.69) is 33.4 Å². The van der Waals surface area contributed by atoms with Gasteiger partial charge in [0.15, 0.2) is 0 Å². The summed E-state index contributed by atoms with van der Waals surface area (Å²) < 4.78 is 1.04. The zero-order valence-corrected chi connectivity index (χ0v) is 11.9. The lowest BCUT2D eigenvalue weighted by Gasteiger charge is -2.17. The van der Waals surface area contributed by atoms with Crippen molar-refractivity contribution in [2.45, 2.75) is 19.8 Å². The van der Waals surface area contributed by atoms with Gasteiger partial charge in [-0.05, 0) is 49.3 Å². The van der Waals surface area contributed by atoms with Crippen LogP contribution in [0.25, 0.3) is 0 Å². The zero-order chi connectivity index (χ0) is 12.7. The molecule has 94 valence electrons. The van der Waals surface area contributed by atoms with Crippen molar-refractivity contribution in [1.29, 1.82) is 0 Å². The van der Waals surface area contributed by atoms with Gasteiger partial charge in [0.2, 0.25) is 5.91 Å². The second-order valence-corrected chi connectivity index (χ2v) is 6.19. The third-order valence-corrected chi connectivity index (χ3v) is 4.91. The minimum absolute atomic E-state index is 0.167. The highest BCUT2D eigenvalue weighted by Gasteiger charge is 2.39. The molecule has 2 aliphatic carbocycles. The highest BCUT2D eigenvalue weighted by atomic mass is 79.9. The molecule has 1 aromatic rings. The lowest BCUT2D eigenvalue weighted by molar-refractivity contribution is -0.120. The second kappa shape index (κ2) is 4.54. The molecule has 2 aliphatic rings. The van der Waals surface area contributed by atoms with Crippen LogP contribution < -0.4 is 5.32 Å². The van der Waals surface area contributed by atoms with Crippen LogP contribution in [0.15, 0.2) is 34.8 Å². The molecule has 0 aromatic heterocycles. The number of allylic oxidation sites excluding steroid dienone is 2. The van der Waals surface area contributed by atoms with E-state index in [0.29, 0.717) is 11.8 Å². The van der Waals surface area contributed by atoms with E-state index in [0.717, 1.165) is 23.0 Å². The first kappa shape index (κ1) is 12.0. The molecule has 3 rings (SSSR count). The highest BCUT2D eigenvalue weighted by molar-refractivity contribution is 9.10. The summed E-state index contributed by atoms with van der Waals surface area (Å²) in [5, 5.41) is 3.03. The van der Waals surface area contributed by atoms with E-state index in [1.54, 1.807) is 0 Å². The molecule has 1 saturated carbocycles. The predicted octanol–water partition coefficient (Wildman–Crippen LogP) is 3.91. The fourth-order valence-electron chi connectivity index (χ4n) is 2.99. The van der Waals surface area contributed by atoms with E-state index in [1.807, 2.05) is 25.1 Å². The zero-order valence-electron chi connectivity index (χ0n) is 10.3. The van der Waals surface area contributed by atoms with E-state index in [1.165, 1.54) is 5.56 Å². The maximum atomic E-state index is 12.2. The number of carbonyl (C=O) groups is 1. The van der Waals surface area contributed by atoms with Crippen LogP contribution in [0.4, 0.5) is 5.69 Å². The van der Waals surface area contributed by atoms with Gasteiger partial charge in [0.25, 0.3) is 0 Å². The molecular formula is C15H16BrNO. The van der Waals surface area contributed by atoms with Crippen molar-refractivity contribution in [2.24, 2.45) is 17.8 Å². The van der Waals surface area contributed by atoms with E-state index in [4.69, 9.17) is 0 Å². The van der Waals surface area contributed by atoms with Crippen LogP contribution >= 0.6 is 15.9 Å². The van der Waals surface area contributed by atoms with Gasteiger partial charge in [0.05, 0.1) is 0 Å². The smallest absolute Gasteiger partial charge is 0.228 e. The summed E-state index contributed by atoms with van der Waals surface area (Å²) in [4.78, 5) is 12.2. The van der Waals surface area contributed by atoms with Crippen LogP contribution in [0.2, 0.25) is 0 Å². The maximum Gasteiger partial charge on any atom is 0.228 e. The third kappa shape index (κ3) is 2.12. The Morgan fingerprint density at radius 1 is 1.33 bits per heavy atom. The fourth-order valence-corrected chi connectivity index (χ4v) is 3.37. The number of amides is 1. The summed E-state index contributed by atoms with van der Waals surface area (Å²) in [6.45, 7) is 2.04. The summed E-state index contributed by atoms with van der Waals surface area (Å²) in [6, 6.07) is 5.94. The normalized spacial score (nSPS) is 28.7. The molecule has 1 aromatic carbocycles. The molecule has 1 fully saturated rings. The van der Waals surface area contributed by atoms with E-state index < -0.39 is 0 Å². The van der Waals surface area contributed by atoms with Gasteiger partial charge in [0.1, 0.15) is 0 Å². The second-order valence-electron chi connectivity index (χ2n) is 5.34. The Bertz CT molecular complexity index is 523. The molecule has 3 atom stereocenters. The van der Waals surface area contributed by atoms with Gasteiger partial charge in [-0.15, -0.1) is 0 Å². The highest BCUT2D eigenvalue weighted by Crippen LogP contribution is 2.43. The number of anilines is 1. The van der Waals surface area contributed by atoms with Gasteiger partial charge >= 0.3 is 0 Å². The Labute approximate surface area is 116 Å². The molecule has 0 radical (unpaired) electrons. The monoisotopic (exact) mass is 305 g/mol. The van der Waals surface area contributed by atoms with E-state index in [9.17, 15) is 4.79 Å². The van der Waals surface area contributed by atoms with Crippen molar-refractivity contribution in [3.8, 4) is 0 Å². The molecule has 3 heteroatoms. The van der Waals surface area contributed by atoms with Gasteiger partial charge in [-0.1, -0.05) is 34.1 Å². The van der Waals surface area contributed by atoms with E-state index in [-0.39, 0.29) is 11.8 Å². The van der Waals surface area contributed by atoms with Crippen molar-refractivity contribution >= 4 is 27.5 Å². The number of hydrogen-bond acceptors (Lipinski definition) is 1. The largest absolute Gasteiger partial charge is 0.326 e. The van der Waals surface area contributed by atoms with Crippen molar-refractivity contribution in [1.82, 2.24) is 0 Å². The van der Waals surface area contributed by atoms with Gasteiger partial charge < -0.3 is 5.32 Å². The summed E-state index contributed by atoms with van der Waals surface area (Å²) >= 11 is 3.49. The molecule has 0 spiro atoms. The molecule has 0 heterocycles. The molecule has 18 heavy (non-hydrogen) atoms. The van der Waals surface area contributed by atoms with Gasteiger partial charge in [-0.3, -0.25) is 4.79 Å². The first-order valence-electron chi connectivity index (χ1n) is 6.39. The standard InChI is InChI=1S/C15H16BrNO/c1-9-2-5-12(8-14(9)16)17-15(18)13-7-10-3-4-11(13)6-10/h2-5,8,10-11,13H,6-7H2,1H3,(H,17,18). The average Bonchev–Trinajstić information content (AvgIpc) is 2.96. The van der Waals surface area contributed by atoms with Crippen molar-refractivity contribution < 1.29 is 4.79 Å². The van der Waals surface area contributed by atoms with Gasteiger partial charge in [-0.25, -0.2) is 0 Å². The molecular weight excluding hydrogens is 290 g/mol. The van der Waals surface area contributed by atoms with Crippen LogP contribution in [-0.4, -0.2) is 5.91 Å². The number of benzene rings is 1. The Kier molecular flexibility index (Phi) is 3.02. The molecule has 2 bridgehead atoms. The SMILES string of the molecule is Cc1ccc(NC(=O)C2CC3C=CC2C3)cc1Br. The minimum Gasteiger partial charge on any atom is -0.326 e. The number of hydrogen-bond donors (Lipinski definition) is 1. The summed E-state index contributed by atoms with van der Waals surface area (Å²) in [7, 11) is 0. The quantitative estimate of drug-likeness (QED) is 0.825. The number of rotatable bonds is 2. The Morgan fingerprint density at radius 2 is 2.17 bits per heavy atom. The van der Waals surface area contributed by atoms with Crippen LogP contribution in [0.1, 0.15) is 18.4 Å². The molecule has 1 N–H and O–H groups in total. The molecule has 0 aliphatic heterocycles. The van der Waals surface area contributed by atoms with Crippen LogP contribution in [-0.2, 0) is 4.79 Å². The van der Waals surface area contributed by atoms with Gasteiger partial charge in [-0.2, -0.15) is 0 Å². The van der Waals surface area contributed by atoms with Crippen molar-refractivity contribution in [3.63, 3.8) is 0 Å². The lowest BCUT2D eigenvalue weighted by atomic mass is 9.93. The van der Waals surface area contributed by atoms with Crippen molar-refractivity contribution in [2.75, 3.05) is 5.32 Å². The predicted molar refractivity (Wildman–Crippen MR) is 76.4 cm³/mol. The summed E-state index contributed by atoms with van der Waals surface area (Å²) in [5.74, 6) is 1.43. The molecule has 2 nitrogen and oxygen atoms in total. The first-order chi connectivity index (χ1) is 8.63. The number of halogens is 1. The van der Waals surface area contributed by atoms with E-state index >= 15 is 0 Å². The van der Waals surface area contributed by atoms with Gasteiger partial charge in [0, 0.05) is 16.1 Å². The fraction of sp³-hybridized carbons (Fsp3) is 0.400. The van der Waals surface area contributed by atoms with Crippen LogP contribution in [0.5, 0.6) is 0 Å². The molecule has 3 unspecified atom stereocenters. The lowest BCUT2D eigenvalue weighted by Crippen LogP contribution is -2.25. The summed E-state index contributed by atoms with van der Waals surface area (Å²) in [5.41, 5.74) is 2.06. The third-order valence-electron chi connectivity index (χ3n) is 4.06. The first-order valence-corrected chi connectivity index (χ1v) is 7.18. The number of carbonyl (C=O) groups excluding carboxylic acids is 1. The van der Waals surface area contributed by atoms with Crippen LogP contribution in [0.3, 0.4) is 0 Å². The number of fused-ring (bicyclic) bond motifs is 2. The maximum absolute atomic E-state index is 12.2. The average molecular weight is 306 g/mol. The van der Waals surface area contributed by atoms with Crippen LogP contribution in [0, 0.1) is 24.7 Å². The summed E-state index contributed by atoms with van der Waals surface area (Å²) in [6.07, 6.45) is 6.65. The molecule has 0 saturated heterocycles. The Balaban J connectivity index is 1.71. The molecule has 1 amide bonds. The minimum atomic E-state index is 0.167. The van der Waals surface area contributed by atoms with Crippen molar-refractivity contribution in [3.05, 3.63) is 40.4 Å². The number of aryl methyl sites for hydroxylation is 1. The number of nitrogens with one attached hydrogen (secondary N) is 1. The topological polar surface area (TPSA) is 29.1 Å². The Hall–Kier alpha value is -1.09.